The highest BCUT2D eigenvalue weighted by atomic mass is 19.1. The second-order valence-electron chi connectivity index (χ2n) is 6.30. The summed E-state index contributed by atoms with van der Waals surface area (Å²) in [5.41, 5.74) is 5.80. The van der Waals surface area contributed by atoms with Crippen LogP contribution in [-0.2, 0) is 6.42 Å². The highest BCUT2D eigenvalue weighted by Crippen LogP contribution is 2.33. The lowest BCUT2D eigenvalue weighted by Gasteiger charge is -2.14. The van der Waals surface area contributed by atoms with Gasteiger partial charge in [0, 0.05) is 6.42 Å². The van der Waals surface area contributed by atoms with Crippen molar-refractivity contribution in [2.45, 2.75) is 20.3 Å². The molecule has 3 aromatic rings. The van der Waals surface area contributed by atoms with Crippen LogP contribution in [0.4, 0.5) is 4.39 Å². The molecule has 0 spiro atoms. The van der Waals surface area contributed by atoms with Crippen molar-refractivity contribution in [3.63, 3.8) is 0 Å². The monoisotopic (exact) mass is 336 g/mol. The number of hydrogen-bond donors (Lipinski definition) is 1. The number of hydrogen-bond acceptors (Lipinski definition) is 2. The molecule has 0 amide bonds. The van der Waals surface area contributed by atoms with E-state index >= 15 is 0 Å². The Balaban J connectivity index is 2.09. The van der Waals surface area contributed by atoms with E-state index in [2.05, 4.69) is 0 Å². The first kappa shape index (κ1) is 17.0. The zero-order valence-corrected chi connectivity index (χ0v) is 14.6. The number of aromatic hydroxyl groups is 1. The van der Waals surface area contributed by atoms with Crippen LogP contribution in [0.2, 0.25) is 0 Å². The Hall–Kier alpha value is -2.81. The number of rotatable bonds is 4. The maximum Gasteiger partial charge on any atom is 0.123 e. The molecule has 128 valence electrons. The van der Waals surface area contributed by atoms with Crippen molar-refractivity contribution >= 4 is 0 Å². The molecule has 0 atom stereocenters. The van der Waals surface area contributed by atoms with Gasteiger partial charge in [-0.1, -0.05) is 35.9 Å². The van der Waals surface area contributed by atoms with Crippen LogP contribution in [0, 0.1) is 19.7 Å². The van der Waals surface area contributed by atoms with Crippen molar-refractivity contribution in [1.29, 1.82) is 0 Å². The smallest absolute Gasteiger partial charge is 0.123 e. The SMILES string of the molecule is COc1ccc(Cc2cc(C)cc(C)c2O)c(-c2ccc(F)cc2)c1. The predicted octanol–water partition coefficient (Wildman–Crippen LogP) is 5.41. The molecule has 1 N–H and O–H groups in total. The summed E-state index contributed by atoms with van der Waals surface area (Å²) < 4.78 is 18.6. The van der Waals surface area contributed by atoms with Crippen molar-refractivity contribution in [3.8, 4) is 22.6 Å². The fourth-order valence-electron chi connectivity index (χ4n) is 3.12. The molecular weight excluding hydrogens is 315 g/mol. The highest BCUT2D eigenvalue weighted by molar-refractivity contribution is 5.70. The van der Waals surface area contributed by atoms with Gasteiger partial charge in [0.05, 0.1) is 7.11 Å². The van der Waals surface area contributed by atoms with Crippen LogP contribution in [-0.4, -0.2) is 12.2 Å². The number of phenolic OH excluding ortho intramolecular Hbond substituents is 1. The van der Waals surface area contributed by atoms with Crippen LogP contribution in [0.15, 0.2) is 54.6 Å². The van der Waals surface area contributed by atoms with Gasteiger partial charge in [-0.25, -0.2) is 4.39 Å². The topological polar surface area (TPSA) is 29.5 Å². The van der Waals surface area contributed by atoms with E-state index in [4.69, 9.17) is 4.74 Å². The minimum atomic E-state index is -0.264. The van der Waals surface area contributed by atoms with E-state index in [-0.39, 0.29) is 5.82 Å². The number of aryl methyl sites for hydroxylation is 2. The molecule has 0 bridgehead atoms. The van der Waals surface area contributed by atoms with E-state index < -0.39 is 0 Å². The first-order valence-electron chi connectivity index (χ1n) is 8.20. The molecule has 0 heterocycles. The van der Waals surface area contributed by atoms with Crippen LogP contribution in [0.1, 0.15) is 22.3 Å². The Kier molecular flexibility index (Phi) is 4.75. The summed E-state index contributed by atoms with van der Waals surface area (Å²) in [6, 6.07) is 16.2. The van der Waals surface area contributed by atoms with Crippen LogP contribution >= 0.6 is 0 Å². The van der Waals surface area contributed by atoms with Gasteiger partial charge in [-0.05, 0) is 65.9 Å². The molecule has 0 saturated heterocycles. The first-order chi connectivity index (χ1) is 12.0. The Morgan fingerprint density at radius 2 is 1.64 bits per heavy atom. The summed E-state index contributed by atoms with van der Waals surface area (Å²) in [7, 11) is 1.62. The predicted molar refractivity (Wildman–Crippen MR) is 98.8 cm³/mol. The third-order valence-corrected chi connectivity index (χ3v) is 4.38. The number of halogens is 1. The maximum atomic E-state index is 13.3. The summed E-state index contributed by atoms with van der Waals surface area (Å²) in [5, 5.41) is 10.4. The molecule has 3 heteroatoms. The third-order valence-electron chi connectivity index (χ3n) is 4.38. The number of benzene rings is 3. The van der Waals surface area contributed by atoms with Crippen LogP contribution in [0.25, 0.3) is 11.1 Å². The van der Waals surface area contributed by atoms with Crippen molar-refractivity contribution in [3.05, 3.63) is 82.7 Å². The molecule has 0 radical (unpaired) electrons. The summed E-state index contributed by atoms with van der Waals surface area (Å²) in [6.45, 7) is 3.92. The zero-order chi connectivity index (χ0) is 18.0. The lowest BCUT2D eigenvalue weighted by Crippen LogP contribution is -1.96. The average molecular weight is 336 g/mol. The minimum absolute atomic E-state index is 0.264. The lowest BCUT2D eigenvalue weighted by molar-refractivity contribution is 0.415. The maximum absolute atomic E-state index is 13.3. The van der Waals surface area contributed by atoms with Gasteiger partial charge in [-0.3, -0.25) is 0 Å². The Morgan fingerprint density at radius 3 is 2.32 bits per heavy atom. The second-order valence-corrected chi connectivity index (χ2v) is 6.30. The van der Waals surface area contributed by atoms with Crippen LogP contribution in [0.5, 0.6) is 11.5 Å². The molecule has 3 aromatic carbocycles. The minimum Gasteiger partial charge on any atom is -0.507 e. The number of methoxy groups -OCH3 is 1. The highest BCUT2D eigenvalue weighted by Gasteiger charge is 2.12. The van der Waals surface area contributed by atoms with E-state index in [0.29, 0.717) is 12.2 Å². The van der Waals surface area contributed by atoms with Gasteiger partial charge < -0.3 is 9.84 Å². The van der Waals surface area contributed by atoms with Crippen molar-refractivity contribution in [2.75, 3.05) is 7.11 Å². The van der Waals surface area contributed by atoms with E-state index in [0.717, 1.165) is 39.1 Å². The largest absolute Gasteiger partial charge is 0.507 e. The Bertz CT molecular complexity index is 899. The molecule has 0 unspecified atom stereocenters. The molecule has 0 aliphatic rings. The molecule has 0 aliphatic heterocycles. The summed E-state index contributed by atoms with van der Waals surface area (Å²) in [6.07, 6.45) is 0.588. The Labute approximate surface area is 147 Å². The number of phenols is 1. The van der Waals surface area contributed by atoms with Crippen LogP contribution < -0.4 is 4.74 Å². The van der Waals surface area contributed by atoms with Crippen molar-refractivity contribution < 1.29 is 14.2 Å². The molecule has 0 aromatic heterocycles. The Morgan fingerprint density at radius 1 is 0.920 bits per heavy atom. The normalized spacial score (nSPS) is 10.7. The third kappa shape index (κ3) is 3.66. The van der Waals surface area contributed by atoms with E-state index in [9.17, 15) is 9.50 Å². The summed E-state index contributed by atoms with van der Waals surface area (Å²) >= 11 is 0. The van der Waals surface area contributed by atoms with Gasteiger partial charge in [0.15, 0.2) is 0 Å². The van der Waals surface area contributed by atoms with Gasteiger partial charge in [-0.15, -0.1) is 0 Å². The molecule has 3 rings (SSSR count). The van der Waals surface area contributed by atoms with E-state index in [1.807, 2.05) is 44.2 Å². The molecule has 0 aliphatic carbocycles. The van der Waals surface area contributed by atoms with Gasteiger partial charge in [0.2, 0.25) is 0 Å². The van der Waals surface area contributed by atoms with Gasteiger partial charge in [0.1, 0.15) is 17.3 Å². The molecule has 25 heavy (non-hydrogen) atoms. The summed E-state index contributed by atoms with van der Waals surface area (Å²) in [4.78, 5) is 0. The van der Waals surface area contributed by atoms with E-state index in [1.54, 1.807) is 19.2 Å². The average Bonchev–Trinajstić information content (AvgIpc) is 2.60. The number of ether oxygens (including phenoxy) is 1. The van der Waals surface area contributed by atoms with Crippen LogP contribution in [0.3, 0.4) is 0 Å². The van der Waals surface area contributed by atoms with Gasteiger partial charge in [-0.2, -0.15) is 0 Å². The molecular formula is C22H21FO2. The first-order valence-corrected chi connectivity index (χ1v) is 8.20. The van der Waals surface area contributed by atoms with Gasteiger partial charge >= 0.3 is 0 Å². The van der Waals surface area contributed by atoms with E-state index in [1.165, 1.54) is 12.1 Å². The summed E-state index contributed by atoms with van der Waals surface area (Å²) in [5.74, 6) is 0.805. The van der Waals surface area contributed by atoms with Crippen molar-refractivity contribution in [1.82, 2.24) is 0 Å². The quantitative estimate of drug-likeness (QED) is 0.690. The second kappa shape index (κ2) is 6.98. The standard InChI is InChI=1S/C22H21FO2/c1-14-10-15(2)22(24)18(11-14)12-17-6-9-20(25-3)13-21(17)16-4-7-19(23)8-5-16/h4-11,13,24H,12H2,1-3H3. The lowest BCUT2D eigenvalue weighted by atomic mass is 9.93. The molecule has 0 saturated carbocycles. The fourth-order valence-corrected chi connectivity index (χ4v) is 3.12. The fraction of sp³-hybridized carbons (Fsp3) is 0.182. The zero-order valence-electron chi connectivity index (χ0n) is 14.6. The molecule has 2 nitrogen and oxygen atoms in total. The van der Waals surface area contributed by atoms with Gasteiger partial charge in [0.25, 0.3) is 0 Å². The van der Waals surface area contributed by atoms with Crippen molar-refractivity contribution in [2.24, 2.45) is 0 Å². The molecule has 0 fully saturated rings.